The maximum atomic E-state index is 13.9. The Labute approximate surface area is 247 Å². The maximum absolute atomic E-state index is 13.9. The molecule has 0 N–H and O–H groups in total. The number of amides is 1. The molecule has 2 aromatic carbocycles. The van der Waals surface area contributed by atoms with Crippen molar-refractivity contribution >= 4 is 22.2 Å². The SMILES string of the molecule is COc1ccc(CCN(C)C(=O)Cc2csc3nc(C)c(-c4cc(C)n(-c5ccccc5OC)n4)c(=O)n23)cc1OC. The summed E-state index contributed by atoms with van der Waals surface area (Å²) in [6.45, 7) is 4.24. The predicted octanol–water partition coefficient (Wildman–Crippen LogP) is 4.49. The molecule has 218 valence electrons. The van der Waals surface area contributed by atoms with E-state index < -0.39 is 0 Å². The van der Waals surface area contributed by atoms with Crippen molar-refractivity contribution in [2.75, 3.05) is 34.9 Å². The monoisotopic (exact) mass is 587 g/mol. The molecule has 5 aromatic rings. The quantitative estimate of drug-likeness (QED) is 0.237. The minimum atomic E-state index is -0.251. The van der Waals surface area contributed by atoms with E-state index in [9.17, 15) is 9.59 Å². The summed E-state index contributed by atoms with van der Waals surface area (Å²) in [6.07, 6.45) is 0.716. The smallest absolute Gasteiger partial charge is 0.268 e. The summed E-state index contributed by atoms with van der Waals surface area (Å²) in [7, 11) is 6.57. The van der Waals surface area contributed by atoms with E-state index in [2.05, 4.69) is 0 Å². The van der Waals surface area contributed by atoms with E-state index in [0.717, 1.165) is 16.9 Å². The number of rotatable bonds is 10. The van der Waals surface area contributed by atoms with Gasteiger partial charge in [-0.15, -0.1) is 11.3 Å². The van der Waals surface area contributed by atoms with Crippen LogP contribution in [-0.2, 0) is 17.6 Å². The van der Waals surface area contributed by atoms with Gasteiger partial charge in [-0.3, -0.25) is 14.0 Å². The number of aryl methyl sites for hydroxylation is 2. The number of para-hydroxylation sites is 2. The van der Waals surface area contributed by atoms with Crippen molar-refractivity contribution in [3.8, 4) is 34.2 Å². The van der Waals surface area contributed by atoms with Crippen LogP contribution in [0.2, 0.25) is 0 Å². The summed E-state index contributed by atoms with van der Waals surface area (Å²) in [5.74, 6) is 1.88. The summed E-state index contributed by atoms with van der Waals surface area (Å²) >= 11 is 1.34. The molecule has 1 amide bonds. The highest BCUT2D eigenvalue weighted by Gasteiger charge is 2.21. The number of ether oxygens (including phenoxy) is 3. The van der Waals surface area contributed by atoms with Crippen LogP contribution in [0, 0.1) is 13.8 Å². The Morgan fingerprint density at radius 1 is 0.976 bits per heavy atom. The van der Waals surface area contributed by atoms with E-state index in [-0.39, 0.29) is 17.9 Å². The fourth-order valence-corrected chi connectivity index (χ4v) is 5.84. The van der Waals surface area contributed by atoms with Crippen LogP contribution < -0.4 is 19.8 Å². The summed E-state index contributed by atoms with van der Waals surface area (Å²) < 4.78 is 19.5. The normalized spacial score (nSPS) is 11.1. The molecular weight excluding hydrogens is 554 g/mol. The second kappa shape index (κ2) is 12.1. The molecule has 0 saturated carbocycles. The molecule has 0 fully saturated rings. The lowest BCUT2D eigenvalue weighted by molar-refractivity contribution is -0.129. The zero-order chi connectivity index (χ0) is 30.0. The molecule has 0 aliphatic heterocycles. The lowest BCUT2D eigenvalue weighted by Crippen LogP contribution is -2.31. The number of nitrogens with zero attached hydrogens (tertiary/aromatic N) is 5. The van der Waals surface area contributed by atoms with Crippen LogP contribution in [0.15, 0.2) is 58.7 Å². The molecule has 5 rings (SSSR count). The second-order valence-corrected chi connectivity index (χ2v) is 10.7. The third-order valence-corrected chi connectivity index (χ3v) is 8.09. The topological polar surface area (TPSA) is 100 Å². The van der Waals surface area contributed by atoms with Gasteiger partial charge in [0.25, 0.3) is 5.56 Å². The number of carbonyl (C=O) groups is 1. The van der Waals surface area contributed by atoms with Gasteiger partial charge in [0.2, 0.25) is 5.91 Å². The molecule has 0 spiro atoms. The van der Waals surface area contributed by atoms with Gasteiger partial charge in [-0.25, -0.2) is 9.67 Å². The molecule has 0 bridgehead atoms. The van der Waals surface area contributed by atoms with Crippen molar-refractivity contribution in [1.82, 2.24) is 24.1 Å². The van der Waals surface area contributed by atoms with Crippen LogP contribution in [-0.4, -0.2) is 64.9 Å². The Balaban J connectivity index is 1.40. The van der Waals surface area contributed by atoms with Gasteiger partial charge in [-0.1, -0.05) is 18.2 Å². The highest BCUT2D eigenvalue weighted by atomic mass is 32.1. The molecule has 11 heteroatoms. The first kappa shape index (κ1) is 28.9. The minimum Gasteiger partial charge on any atom is -0.494 e. The van der Waals surface area contributed by atoms with Gasteiger partial charge in [-0.05, 0) is 56.2 Å². The fourth-order valence-electron chi connectivity index (χ4n) is 4.92. The highest BCUT2D eigenvalue weighted by Crippen LogP contribution is 2.29. The number of thiazole rings is 1. The van der Waals surface area contributed by atoms with Crippen LogP contribution in [0.5, 0.6) is 17.2 Å². The third kappa shape index (κ3) is 5.47. The molecular formula is C31H33N5O5S. The average Bonchev–Trinajstić information content (AvgIpc) is 3.58. The van der Waals surface area contributed by atoms with Crippen LogP contribution >= 0.6 is 11.3 Å². The molecule has 0 saturated heterocycles. The zero-order valence-electron chi connectivity index (χ0n) is 24.5. The van der Waals surface area contributed by atoms with Gasteiger partial charge in [0.1, 0.15) is 17.1 Å². The highest BCUT2D eigenvalue weighted by molar-refractivity contribution is 7.15. The number of carbonyl (C=O) groups excluding carboxylic acids is 1. The molecule has 0 radical (unpaired) electrons. The lowest BCUT2D eigenvalue weighted by Gasteiger charge is -2.18. The van der Waals surface area contributed by atoms with Crippen molar-refractivity contribution in [2.45, 2.75) is 26.7 Å². The Morgan fingerprint density at radius 2 is 1.71 bits per heavy atom. The molecule has 0 aliphatic carbocycles. The number of methoxy groups -OCH3 is 3. The van der Waals surface area contributed by atoms with E-state index in [4.69, 9.17) is 24.3 Å². The van der Waals surface area contributed by atoms with Gasteiger partial charge in [0.15, 0.2) is 16.5 Å². The minimum absolute atomic E-state index is 0.0706. The van der Waals surface area contributed by atoms with Gasteiger partial charge in [0.05, 0.1) is 39.0 Å². The molecule has 10 nitrogen and oxygen atoms in total. The maximum Gasteiger partial charge on any atom is 0.268 e. The standard InChI is InChI=1S/C31H33N5O5S/c1-19-15-23(33-36(19)24-9-7-8-10-25(24)39-4)29-20(2)32-31-35(30(29)38)22(18-42-31)17-28(37)34(3)14-13-21-11-12-26(40-5)27(16-21)41-6/h7-12,15-16,18H,13-14,17H2,1-6H3. The van der Waals surface area contributed by atoms with E-state index in [1.54, 1.807) is 44.9 Å². The Bertz CT molecular complexity index is 1820. The Morgan fingerprint density at radius 3 is 2.45 bits per heavy atom. The van der Waals surface area contributed by atoms with Crippen molar-refractivity contribution in [2.24, 2.45) is 0 Å². The number of hydrogen-bond donors (Lipinski definition) is 0. The second-order valence-electron chi connectivity index (χ2n) is 9.91. The van der Waals surface area contributed by atoms with E-state index in [1.165, 1.54) is 15.7 Å². The first-order valence-electron chi connectivity index (χ1n) is 13.4. The van der Waals surface area contributed by atoms with Gasteiger partial charge in [0, 0.05) is 30.4 Å². The van der Waals surface area contributed by atoms with Crippen molar-refractivity contribution in [1.29, 1.82) is 0 Å². The lowest BCUT2D eigenvalue weighted by atomic mass is 10.1. The molecule has 3 aromatic heterocycles. The molecule has 3 heterocycles. The van der Waals surface area contributed by atoms with Crippen molar-refractivity contribution in [3.05, 3.63) is 86.9 Å². The van der Waals surface area contributed by atoms with Crippen LogP contribution in [0.4, 0.5) is 0 Å². The number of aromatic nitrogens is 4. The number of likely N-dealkylation sites (N-methyl/N-ethyl adjacent to an activating group) is 1. The fraction of sp³-hybridized carbons (Fsp3) is 0.290. The van der Waals surface area contributed by atoms with Gasteiger partial charge >= 0.3 is 0 Å². The van der Waals surface area contributed by atoms with Gasteiger partial charge < -0.3 is 19.1 Å². The Kier molecular flexibility index (Phi) is 8.30. The summed E-state index contributed by atoms with van der Waals surface area (Å²) in [6, 6.07) is 15.2. The van der Waals surface area contributed by atoms with Crippen molar-refractivity contribution in [3.63, 3.8) is 0 Å². The summed E-state index contributed by atoms with van der Waals surface area (Å²) in [4.78, 5) is 34.0. The predicted molar refractivity (Wildman–Crippen MR) is 163 cm³/mol. The number of benzene rings is 2. The molecule has 0 aliphatic rings. The van der Waals surface area contributed by atoms with Crippen LogP contribution in [0.3, 0.4) is 0 Å². The number of fused-ring (bicyclic) bond motifs is 1. The van der Waals surface area contributed by atoms with E-state index in [0.29, 0.717) is 57.8 Å². The van der Waals surface area contributed by atoms with Crippen LogP contribution in [0.1, 0.15) is 22.6 Å². The average molecular weight is 588 g/mol. The summed E-state index contributed by atoms with van der Waals surface area (Å²) in [5, 5.41) is 6.59. The van der Waals surface area contributed by atoms with Gasteiger partial charge in [-0.2, -0.15) is 5.10 Å². The zero-order valence-corrected chi connectivity index (χ0v) is 25.3. The first-order valence-corrected chi connectivity index (χ1v) is 14.3. The number of hydrogen-bond acceptors (Lipinski definition) is 8. The van der Waals surface area contributed by atoms with Crippen molar-refractivity contribution < 1.29 is 19.0 Å². The van der Waals surface area contributed by atoms with Crippen LogP contribution in [0.25, 0.3) is 21.9 Å². The molecule has 42 heavy (non-hydrogen) atoms. The summed E-state index contributed by atoms with van der Waals surface area (Å²) in [5.41, 5.74) is 4.48. The molecule has 0 atom stereocenters. The van der Waals surface area contributed by atoms with E-state index >= 15 is 0 Å². The van der Waals surface area contributed by atoms with E-state index in [1.807, 2.05) is 60.8 Å². The largest absolute Gasteiger partial charge is 0.494 e. The third-order valence-electron chi connectivity index (χ3n) is 7.22. The molecule has 0 unspecified atom stereocenters. The first-order chi connectivity index (χ1) is 20.2. The Hall–Kier alpha value is -4.64.